The minimum absolute atomic E-state index is 0.399. The number of likely N-dealkylation sites (tertiary alicyclic amines) is 1. The monoisotopic (exact) mass is 294 g/mol. The fourth-order valence-electron chi connectivity index (χ4n) is 3.32. The van der Waals surface area contributed by atoms with Crippen LogP contribution in [0.25, 0.3) is 0 Å². The molecule has 3 heterocycles. The van der Waals surface area contributed by atoms with Gasteiger partial charge in [0.2, 0.25) is 0 Å². The zero-order chi connectivity index (χ0) is 13.9. The molecule has 2 fully saturated rings. The summed E-state index contributed by atoms with van der Waals surface area (Å²) in [7, 11) is 0. The maximum atomic E-state index is 6.08. The first-order valence-corrected chi connectivity index (χ1v) is 8.00. The van der Waals surface area contributed by atoms with Crippen molar-refractivity contribution in [2.45, 2.75) is 38.3 Å². The van der Waals surface area contributed by atoms with Gasteiger partial charge in [0.15, 0.2) is 0 Å². The maximum Gasteiger partial charge on any atom is 0.129 e. The quantitative estimate of drug-likeness (QED) is 0.929. The Bertz CT molecular complexity index is 459. The molecule has 20 heavy (non-hydrogen) atoms. The van der Waals surface area contributed by atoms with Crippen LogP contribution in [0.15, 0.2) is 12.1 Å². The molecule has 1 aromatic rings. The average Bonchev–Trinajstić information content (AvgIpc) is 2.98. The van der Waals surface area contributed by atoms with Crippen LogP contribution >= 0.6 is 11.6 Å². The van der Waals surface area contributed by atoms with Crippen molar-refractivity contribution in [2.75, 3.05) is 31.1 Å². The molecule has 0 amide bonds. The van der Waals surface area contributed by atoms with Crippen molar-refractivity contribution in [1.29, 1.82) is 0 Å². The number of halogens is 1. The van der Waals surface area contributed by atoms with E-state index in [9.17, 15) is 0 Å². The molecule has 0 bridgehead atoms. The Morgan fingerprint density at radius 1 is 1.20 bits per heavy atom. The van der Waals surface area contributed by atoms with Gasteiger partial charge in [0.1, 0.15) is 5.82 Å². The molecule has 0 radical (unpaired) electrons. The summed E-state index contributed by atoms with van der Waals surface area (Å²) in [4.78, 5) is 9.63. The summed E-state index contributed by atoms with van der Waals surface area (Å²) in [5, 5.41) is 0.669. The van der Waals surface area contributed by atoms with Crippen LogP contribution in [0, 0.1) is 0 Å². The van der Waals surface area contributed by atoms with E-state index in [2.05, 4.69) is 14.8 Å². The largest absolute Gasteiger partial charge is 0.355 e. The van der Waals surface area contributed by atoms with Crippen LogP contribution in [0.5, 0.6) is 0 Å². The highest BCUT2D eigenvalue weighted by molar-refractivity contribution is 6.31. The zero-order valence-corrected chi connectivity index (χ0v) is 12.6. The highest BCUT2D eigenvalue weighted by atomic mass is 35.5. The topological polar surface area (TPSA) is 45.4 Å². The number of rotatable bonds is 3. The average molecular weight is 295 g/mol. The standard InChI is InChI=1S/C15H23ClN4/c16-13-4-5-15(18-14(13)10-17)20-9-6-12(11-20)19-7-2-1-3-8-19/h4-5,12H,1-3,6-11,17H2. The predicted molar refractivity (Wildman–Crippen MR) is 83.2 cm³/mol. The van der Waals surface area contributed by atoms with Gasteiger partial charge in [0.25, 0.3) is 0 Å². The van der Waals surface area contributed by atoms with Gasteiger partial charge in [0, 0.05) is 25.7 Å². The first-order valence-electron chi connectivity index (χ1n) is 7.62. The van der Waals surface area contributed by atoms with Crippen LogP contribution in [0.4, 0.5) is 5.82 Å². The van der Waals surface area contributed by atoms with Gasteiger partial charge in [0.05, 0.1) is 10.7 Å². The molecule has 1 unspecified atom stereocenters. The van der Waals surface area contributed by atoms with E-state index in [4.69, 9.17) is 17.3 Å². The van der Waals surface area contributed by atoms with Crippen molar-refractivity contribution in [3.63, 3.8) is 0 Å². The van der Waals surface area contributed by atoms with Gasteiger partial charge in [-0.3, -0.25) is 4.90 Å². The van der Waals surface area contributed by atoms with E-state index in [1.54, 1.807) is 0 Å². The minimum atomic E-state index is 0.399. The molecule has 2 aliphatic heterocycles. The molecule has 0 spiro atoms. The van der Waals surface area contributed by atoms with Crippen molar-refractivity contribution in [3.8, 4) is 0 Å². The number of piperidine rings is 1. The number of aromatic nitrogens is 1. The molecular weight excluding hydrogens is 272 g/mol. The molecule has 5 heteroatoms. The lowest BCUT2D eigenvalue weighted by molar-refractivity contribution is 0.175. The van der Waals surface area contributed by atoms with Crippen molar-refractivity contribution in [1.82, 2.24) is 9.88 Å². The van der Waals surface area contributed by atoms with Crippen molar-refractivity contribution in [2.24, 2.45) is 5.73 Å². The molecule has 2 N–H and O–H groups in total. The Hall–Kier alpha value is -0.840. The zero-order valence-electron chi connectivity index (χ0n) is 11.9. The molecule has 3 rings (SSSR count). The van der Waals surface area contributed by atoms with Crippen molar-refractivity contribution >= 4 is 17.4 Å². The number of anilines is 1. The van der Waals surface area contributed by atoms with E-state index in [0.29, 0.717) is 17.6 Å². The van der Waals surface area contributed by atoms with Crippen LogP contribution in [0.3, 0.4) is 0 Å². The van der Waals surface area contributed by atoms with Crippen molar-refractivity contribution < 1.29 is 0 Å². The second-order valence-corrected chi connectivity index (χ2v) is 6.19. The Kier molecular flexibility index (Phi) is 4.44. The van der Waals surface area contributed by atoms with Crippen LogP contribution in [0.1, 0.15) is 31.4 Å². The van der Waals surface area contributed by atoms with Gasteiger partial charge in [-0.2, -0.15) is 0 Å². The van der Waals surface area contributed by atoms with E-state index in [1.165, 1.54) is 38.8 Å². The van der Waals surface area contributed by atoms with Crippen LogP contribution in [-0.4, -0.2) is 42.1 Å². The fraction of sp³-hybridized carbons (Fsp3) is 0.667. The highest BCUT2D eigenvalue weighted by Gasteiger charge is 2.29. The summed E-state index contributed by atoms with van der Waals surface area (Å²) in [6, 6.07) is 4.62. The summed E-state index contributed by atoms with van der Waals surface area (Å²) in [5.41, 5.74) is 6.49. The number of hydrogen-bond donors (Lipinski definition) is 1. The van der Waals surface area contributed by atoms with Crippen LogP contribution < -0.4 is 10.6 Å². The molecule has 1 aromatic heterocycles. The lowest BCUT2D eigenvalue weighted by Gasteiger charge is -2.32. The Balaban J connectivity index is 1.67. The summed E-state index contributed by atoms with van der Waals surface area (Å²) in [6.45, 7) is 5.09. The number of nitrogens with zero attached hydrogens (tertiary/aromatic N) is 3. The highest BCUT2D eigenvalue weighted by Crippen LogP contribution is 2.25. The van der Waals surface area contributed by atoms with E-state index in [-0.39, 0.29) is 0 Å². The first-order chi connectivity index (χ1) is 9.78. The second-order valence-electron chi connectivity index (χ2n) is 5.79. The third-order valence-electron chi connectivity index (χ3n) is 4.49. The molecule has 110 valence electrons. The summed E-state index contributed by atoms with van der Waals surface area (Å²) in [5.74, 6) is 1.02. The summed E-state index contributed by atoms with van der Waals surface area (Å²) in [6.07, 6.45) is 5.34. The third-order valence-corrected chi connectivity index (χ3v) is 4.84. The molecular formula is C15H23ClN4. The number of pyridine rings is 1. The van der Waals surface area contributed by atoms with Gasteiger partial charge in [-0.25, -0.2) is 4.98 Å². The predicted octanol–water partition coefficient (Wildman–Crippen LogP) is 2.26. The Morgan fingerprint density at radius 3 is 2.75 bits per heavy atom. The molecule has 0 aromatic carbocycles. The summed E-state index contributed by atoms with van der Waals surface area (Å²) < 4.78 is 0. The summed E-state index contributed by atoms with van der Waals surface area (Å²) >= 11 is 6.08. The Labute approximate surface area is 125 Å². The van der Waals surface area contributed by atoms with E-state index < -0.39 is 0 Å². The molecule has 1 atom stereocenters. The second kappa shape index (κ2) is 6.29. The van der Waals surface area contributed by atoms with Gasteiger partial charge < -0.3 is 10.6 Å². The SMILES string of the molecule is NCc1nc(N2CCC(N3CCCCC3)C2)ccc1Cl. The molecule has 2 aliphatic rings. The first kappa shape index (κ1) is 14.1. The molecule has 2 saturated heterocycles. The van der Waals surface area contributed by atoms with E-state index in [1.807, 2.05) is 12.1 Å². The number of hydrogen-bond acceptors (Lipinski definition) is 4. The van der Waals surface area contributed by atoms with Gasteiger partial charge >= 0.3 is 0 Å². The van der Waals surface area contributed by atoms with Crippen molar-refractivity contribution in [3.05, 3.63) is 22.8 Å². The van der Waals surface area contributed by atoms with E-state index in [0.717, 1.165) is 24.6 Å². The van der Waals surface area contributed by atoms with Crippen LogP contribution in [-0.2, 0) is 6.54 Å². The molecule has 4 nitrogen and oxygen atoms in total. The van der Waals surface area contributed by atoms with Gasteiger partial charge in [-0.1, -0.05) is 18.0 Å². The maximum absolute atomic E-state index is 6.08. The van der Waals surface area contributed by atoms with Crippen LogP contribution in [0.2, 0.25) is 5.02 Å². The van der Waals surface area contributed by atoms with Gasteiger partial charge in [-0.15, -0.1) is 0 Å². The minimum Gasteiger partial charge on any atom is -0.355 e. The lowest BCUT2D eigenvalue weighted by Crippen LogP contribution is -2.41. The normalized spacial score (nSPS) is 24.3. The third kappa shape index (κ3) is 2.92. The Morgan fingerprint density at radius 2 is 2.00 bits per heavy atom. The van der Waals surface area contributed by atoms with Gasteiger partial charge in [-0.05, 0) is 44.5 Å². The molecule has 0 aliphatic carbocycles. The fourth-order valence-corrected chi connectivity index (χ4v) is 3.51. The lowest BCUT2D eigenvalue weighted by atomic mass is 10.1. The smallest absolute Gasteiger partial charge is 0.129 e. The number of nitrogens with two attached hydrogens (primary N) is 1. The van der Waals surface area contributed by atoms with E-state index >= 15 is 0 Å². The molecule has 0 saturated carbocycles.